The first-order chi connectivity index (χ1) is 11.4. The van der Waals surface area contributed by atoms with Crippen LogP contribution in [0, 0.1) is 0 Å². The predicted octanol–water partition coefficient (Wildman–Crippen LogP) is 1.65. The fourth-order valence-corrected chi connectivity index (χ4v) is 2.89. The summed E-state index contributed by atoms with van der Waals surface area (Å²) in [6.45, 7) is 0. The van der Waals surface area contributed by atoms with Crippen LogP contribution >= 0.6 is 15.9 Å². The van der Waals surface area contributed by atoms with Crippen molar-refractivity contribution in [3.63, 3.8) is 0 Å². The van der Waals surface area contributed by atoms with Crippen LogP contribution in [0.25, 0.3) is 11.0 Å². The summed E-state index contributed by atoms with van der Waals surface area (Å²) in [5.41, 5.74) is -0.0352. The second-order valence-electron chi connectivity index (χ2n) is 5.20. The van der Waals surface area contributed by atoms with Crippen molar-refractivity contribution in [1.29, 1.82) is 0 Å². The summed E-state index contributed by atoms with van der Waals surface area (Å²) in [4.78, 5) is 41.0. The Morgan fingerprint density at radius 3 is 2.54 bits per heavy atom. The number of aryl methyl sites for hydroxylation is 1. The van der Waals surface area contributed by atoms with Crippen molar-refractivity contribution in [3.8, 4) is 0 Å². The lowest BCUT2D eigenvalue weighted by molar-refractivity contribution is 0.102. The zero-order chi connectivity index (χ0) is 17.4. The van der Waals surface area contributed by atoms with E-state index in [9.17, 15) is 14.4 Å². The van der Waals surface area contributed by atoms with Gasteiger partial charge in [0.25, 0.3) is 11.5 Å². The van der Waals surface area contributed by atoms with Gasteiger partial charge >= 0.3 is 5.69 Å². The van der Waals surface area contributed by atoms with Crippen LogP contribution in [0.1, 0.15) is 10.4 Å². The molecule has 3 aromatic rings. The van der Waals surface area contributed by atoms with Crippen LogP contribution in [0.3, 0.4) is 0 Å². The van der Waals surface area contributed by atoms with E-state index in [4.69, 9.17) is 0 Å². The van der Waals surface area contributed by atoms with Crippen molar-refractivity contribution < 1.29 is 4.79 Å². The molecule has 0 bridgehead atoms. The molecule has 0 radical (unpaired) electrons. The van der Waals surface area contributed by atoms with E-state index in [0.717, 1.165) is 4.57 Å². The average Bonchev–Trinajstić information content (AvgIpc) is 2.58. The first kappa shape index (κ1) is 16.1. The number of nitrogens with one attached hydrogen (secondary N) is 1. The van der Waals surface area contributed by atoms with Gasteiger partial charge in [-0.1, -0.05) is 12.1 Å². The van der Waals surface area contributed by atoms with Gasteiger partial charge in [0, 0.05) is 24.8 Å². The highest BCUT2D eigenvalue weighted by Gasteiger charge is 2.16. The van der Waals surface area contributed by atoms with E-state index in [1.165, 1.54) is 30.9 Å². The summed E-state index contributed by atoms with van der Waals surface area (Å²) in [5, 5.41) is 2.90. The van der Waals surface area contributed by atoms with E-state index >= 15 is 0 Å². The second kappa shape index (κ2) is 6.04. The fourth-order valence-electron chi connectivity index (χ4n) is 2.43. The Bertz CT molecular complexity index is 1080. The van der Waals surface area contributed by atoms with E-state index in [1.807, 2.05) is 0 Å². The van der Waals surface area contributed by atoms with E-state index < -0.39 is 11.2 Å². The number of hydrogen-bond donors (Lipinski definition) is 1. The number of hydrogen-bond acceptors (Lipinski definition) is 4. The zero-order valence-corrected chi connectivity index (χ0v) is 14.5. The molecule has 3 rings (SSSR count). The number of fused-ring (bicyclic) bond motifs is 1. The van der Waals surface area contributed by atoms with Gasteiger partial charge in [-0.15, -0.1) is 0 Å². The quantitative estimate of drug-likeness (QED) is 0.722. The zero-order valence-electron chi connectivity index (χ0n) is 12.9. The van der Waals surface area contributed by atoms with Gasteiger partial charge in [-0.3, -0.25) is 18.7 Å². The largest absolute Gasteiger partial charge is 0.332 e. The Balaban J connectivity index is 2.18. The minimum atomic E-state index is -0.511. The summed E-state index contributed by atoms with van der Waals surface area (Å²) in [7, 11) is 2.91. The lowest BCUT2D eigenvalue weighted by atomic mass is 10.2. The van der Waals surface area contributed by atoms with Gasteiger partial charge in [-0.2, -0.15) is 0 Å². The maximum Gasteiger partial charge on any atom is 0.332 e. The first-order valence-electron chi connectivity index (χ1n) is 7.02. The smallest absolute Gasteiger partial charge is 0.321 e. The molecule has 0 saturated heterocycles. The molecule has 2 aromatic heterocycles. The second-order valence-corrected chi connectivity index (χ2v) is 6.05. The maximum absolute atomic E-state index is 12.5. The predicted molar refractivity (Wildman–Crippen MR) is 94.3 cm³/mol. The summed E-state index contributed by atoms with van der Waals surface area (Å²) >= 11 is 3.32. The van der Waals surface area contributed by atoms with Gasteiger partial charge in [0.05, 0.1) is 11.3 Å². The topological polar surface area (TPSA) is 86.0 Å². The summed E-state index contributed by atoms with van der Waals surface area (Å²) in [6.07, 6.45) is 1.44. The van der Waals surface area contributed by atoms with Crippen LogP contribution in [-0.2, 0) is 14.1 Å². The van der Waals surface area contributed by atoms with Crippen molar-refractivity contribution in [3.05, 3.63) is 67.4 Å². The lowest BCUT2D eigenvalue weighted by Gasteiger charge is -2.11. The van der Waals surface area contributed by atoms with Crippen LogP contribution in [0.2, 0.25) is 0 Å². The molecule has 0 aliphatic rings. The minimum Gasteiger partial charge on any atom is -0.321 e. The van der Waals surface area contributed by atoms with Gasteiger partial charge in [0.2, 0.25) is 0 Å². The van der Waals surface area contributed by atoms with E-state index in [-0.39, 0.29) is 16.9 Å². The molecule has 24 heavy (non-hydrogen) atoms. The number of aromatic nitrogens is 3. The fraction of sp³-hybridized carbons (Fsp3) is 0.125. The molecule has 122 valence electrons. The summed E-state index contributed by atoms with van der Waals surface area (Å²) in [5.74, 6) is -0.370. The molecule has 1 amide bonds. The Hall–Kier alpha value is -2.74. The van der Waals surface area contributed by atoms with Crippen LogP contribution in [0.15, 0.2) is 50.6 Å². The molecule has 0 aliphatic heterocycles. The van der Waals surface area contributed by atoms with E-state index in [0.29, 0.717) is 15.7 Å². The normalized spacial score (nSPS) is 10.8. The average molecular weight is 389 g/mol. The van der Waals surface area contributed by atoms with E-state index in [1.54, 1.807) is 24.3 Å². The molecular formula is C16H13BrN4O3. The van der Waals surface area contributed by atoms with Gasteiger partial charge in [0.1, 0.15) is 5.39 Å². The van der Waals surface area contributed by atoms with Crippen molar-refractivity contribution in [2.75, 3.05) is 5.32 Å². The molecule has 0 saturated carbocycles. The minimum absolute atomic E-state index is 0.183. The number of amides is 1. The number of carbonyl (C=O) groups is 1. The number of rotatable bonds is 2. The highest BCUT2D eigenvalue weighted by Crippen LogP contribution is 2.20. The van der Waals surface area contributed by atoms with Crippen molar-refractivity contribution in [2.45, 2.75) is 0 Å². The molecule has 8 heteroatoms. The molecule has 2 heterocycles. The number of halogens is 1. The van der Waals surface area contributed by atoms with Crippen LogP contribution < -0.4 is 16.6 Å². The Morgan fingerprint density at radius 2 is 1.83 bits per heavy atom. The molecular weight excluding hydrogens is 376 g/mol. The standard InChI is InChI=1S/C16H13BrN4O3/c1-20-13-12(15(23)21(2)16(20)24)11(7-8-18-13)19-14(22)9-5-3-4-6-10(9)17/h3-8H,1-2H3,(H,18,19,22). The van der Waals surface area contributed by atoms with Gasteiger partial charge in [0.15, 0.2) is 5.65 Å². The third kappa shape index (κ3) is 2.54. The molecule has 7 nitrogen and oxygen atoms in total. The maximum atomic E-state index is 12.5. The van der Waals surface area contributed by atoms with E-state index in [2.05, 4.69) is 26.2 Å². The van der Waals surface area contributed by atoms with Crippen molar-refractivity contribution in [2.24, 2.45) is 14.1 Å². The monoisotopic (exact) mass is 388 g/mol. The highest BCUT2D eigenvalue weighted by atomic mass is 79.9. The molecule has 0 fully saturated rings. The number of pyridine rings is 1. The highest BCUT2D eigenvalue weighted by molar-refractivity contribution is 9.10. The van der Waals surface area contributed by atoms with Crippen LogP contribution in [0.4, 0.5) is 5.69 Å². The molecule has 0 unspecified atom stereocenters. The summed E-state index contributed by atoms with van der Waals surface area (Å²) < 4.78 is 2.89. The lowest BCUT2D eigenvalue weighted by Crippen LogP contribution is -2.37. The van der Waals surface area contributed by atoms with Gasteiger partial charge in [-0.05, 0) is 34.1 Å². The Labute approximate surface area is 144 Å². The van der Waals surface area contributed by atoms with Crippen LogP contribution in [-0.4, -0.2) is 20.0 Å². The van der Waals surface area contributed by atoms with Crippen molar-refractivity contribution in [1.82, 2.24) is 14.1 Å². The van der Waals surface area contributed by atoms with Crippen molar-refractivity contribution >= 4 is 38.6 Å². The molecule has 1 N–H and O–H groups in total. The number of carbonyl (C=O) groups excluding carboxylic acids is 1. The van der Waals surface area contributed by atoms with Gasteiger partial charge < -0.3 is 5.32 Å². The Morgan fingerprint density at radius 1 is 1.12 bits per heavy atom. The third-order valence-corrected chi connectivity index (χ3v) is 4.40. The van der Waals surface area contributed by atoms with Gasteiger partial charge in [-0.25, -0.2) is 9.78 Å². The Kier molecular flexibility index (Phi) is 4.06. The number of anilines is 1. The molecule has 0 aliphatic carbocycles. The first-order valence-corrected chi connectivity index (χ1v) is 7.81. The molecule has 0 spiro atoms. The molecule has 1 aromatic carbocycles. The molecule has 0 atom stereocenters. The third-order valence-electron chi connectivity index (χ3n) is 3.71. The summed E-state index contributed by atoms with van der Waals surface area (Å²) in [6, 6.07) is 8.49. The van der Waals surface area contributed by atoms with Crippen LogP contribution in [0.5, 0.6) is 0 Å². The SMILES string of the molecule is Cn1c(=O)c2c(NC(=O)c3ccccc3Br)ccnc2n(C)c1=O. The number of benzene rings is 1. The number of nitrogens with zero attached hydrogens (tertiary/aromatic N) is 3.